The summed E-state index contributed by atoms with van der Waals surface area (Å²) in [5.41, 5.74) is 0. The maximum absolute atomic E-state index is 9.17. The maximum atomic E-state index is 9.17. The van der Waals surface area contributed by atoms with E-state index in [0.29, 0.717) is 6.42 Å². The fourth-order valence-corrected chi connectivity index (χ4v) is 0. The second-order valence-electron chi connectivity index (χ2n) is 1.52. The summed E-state index contributed by atoms with van der Waals surface area (Å²) in [6.07, 6.45) is 1.51. The summed E-state index contributed by atoms with van der Waals surface area (Å²) in [6, 6.07) is 0. The van der Waals surface area contributed by atoms with E-state index in [1.807, 2.05) is 21.0 Å². The molecule has 76 valence electrons. The Hall–Kier alpha value is -0.500. The summed E-state index contributed by atoms with van der Waals surface area (Å²) in [5, 5.41) is 2.75. The predicted molar refractivity (Wildman–Crippen MR) is 45.5 cm³/mol. The van der Waals surface area contributed by atoms with Gasteiger partial charge in [0.25, 0.3) is 0 Å². The van der Waals surface area contributed by atoms with E-state index in [9.17, 15) is 4.79 Å². The van der Waals surface area contributed by atoms with Gasteiger partial charge in [-0.3, -0.25) is 9.11 Å². The van der Waals surface area contributed by atoms with E-state index in [4.69, 9.17) is 17.5 Å². The summed E-state index contributed by atoms with van der Waals surface area (Å²) < 4.78 is 31.6. The topological polar surface area (TPSA) is 104 Å². The average molecular weight is 201 g/mol. The molecule has 0 aromatic rings. The molecule has 0 aromatic carbocycles. The second-order valence-corrected chi connectivity index (χ2v) is 2.42. The summed E-state index contributed by atoms with van der Waals surface area (Å²) >= 11 is 0. The maximum Gasteiger partial charge on any atom is 0.394 e. The van der Waals surface area contributed by atoms with Crippen molar-refractivity contribution in [2.24, 2.45) is 0 Å². The third kappa shape index (κ3) is 2750. The van der Waals surface area contributed by atoms with Gasteiger partial charge < -0.3 is 10.1 Å². The predicted octanol–water partition coefficient (Wildman–Crippen LogP) is -0.222. The van der Waals surface area contributed by atoms with Crippen LogP contribution in [-0.2, 0) is 15.2 Å². The van der Waals surface area contributed by atoms with Crippen molar-refractivity contribution in [1.82, 2.24) is 5.32 Å². The Morgan fingerprint density at radius 2 is 1.42 bits per heavy atom. The molecule has 0 aromatic heterocycles. The Bertz CT molecular complexity index is 157. The molecule has 0 aliphatic rings. The minimum absolute atomic E-state index is 0.639. The largest absolute Gasteiger partial charge is 0.394 e. The van der Waals surface area contributed by atoms with E-state index in [-0.39, 0.29) is 0 Å². The Morgan fingerprint density at radius 3 is 1.42 bits per heavy atom. The fourth-order valence-electron chi connectivity index (χ4n) is 0. The van der Waals surface area contributed by atoms with Crippen molar-refractivity contribution in [2.75, 3.05) is 14.1 Å². The zero-order chi connectivity index (χ0) is 10.6. The van der Waals surface area contributed by atoms with Gasteiger partial charge in [-0.2, -0.15) is 8.42 Å². The quantitative estimate of drug-likeness (QED) is 0.400. The Morgan fingerprint density at radius 1 is 1.33 bits per heavy atom. The van der Waals surface area contributed by atoms with Crippen LogP contribution in [0.1, 0.15) is 13.3 Å². The summed E-state index contributed by atoms with van der Waals surface area (Å²) in [7, 11) is -0.917. The molecule has 0 fully saturated rings. The molecule has 0 bridgehead atoms. The number of hydrogen-bond acceptors (Lipinski definition) is 4. The van der Waals surface area contributed by atoms with Gasteiger partial charge >= 0.3 is 10.4 Å². The third-order valence-electron chi connectivity index (χ3n) is 0.167. The van der Waals surface area contributed by atoms with E-state index in [2.05, 4.69) is 5.32 Å². The summed E-state index contributed by atoms with van der Waals surface area (Å²) in [4.78, 5) is 9.17. The van der Waals surface area contributed by atoms with Gasteiger partial charge in [-0.15, -0.1) is 0 Å². The molecular formula is C5H15NO5S. The lowest BCUT2D eigenvalue weighted by molar-refractivity contribution is -0.107. The van der Waals surface area contributed by atoms with Gasteiger partial charge in [0.1, 0.15) is 6.29 Å². The molecule has 12 heavy (non-hydrogen) atoms. The van der Waals surface area contributed by atoms with Gasteiger partial charge in [-0.1, -0.05) is 6.92 Å². The van der Waals surface area contributed by atoms with Crippen LogP contribution in [0.3, 0.4) is 0 Å². The lowest BCUT2D eigenvalue weighted by atomic mass is 10.6. The van der Waals surface area contributed by atoms with Gasteiger partial charge in [-0.25, -0.2) is 0 Å². The number of nitrogens with one attached hydrogen (secondary N) is 1. The number of carbonyl (C=O) groups is 1. The van der Waals surface area contributed by atoms with Gasteiger partial charge in [0.05, 0.1) is 0 Å². The number of rotatable bonds is 1. The van der Waals surface area contributed by atoms with Gasteiger partial charge in [0.2, 0.25) is 0 Å². The van der Waals surface area contributed by atoms with Crippen molar-refractivity contribution in [3.8, 4) is 0 Å². The van der Waals surface area contributed by atoms with Crippen LogP contribution in [0.25, 0.3) is 0 Å². The first-order chi connectivity index (χ1) is 5.33. The molecule has 0 saturated heterocycles. The first-order valence-corrected chi connectivity index (χ1v) is 4.45. The van der Waals surface area contributed by atoms with Crippen molar-refractivity contribution >= 4 is 16.7 Å². The molecule has 0 atom stereocenters. The molecule has 0 heterocycles. The molecule has 0 unspecified atom stereocenters. The van der Waals surface area contributed by atoms with E-state index >= 15 is 0 Å². The molecule has 0 aliphatic heterocycles. The smallest absolute Gasteiger partial charge is 0.323 e. The highest BCUT2D eigenvalue weighted by atomic mass is 32.3. The highest BCUT2D eigenvalue weighted by Gasteiger charge is 1.84. The van der Waals surface area contributed by atoms with Crippen LogP contribution in [0.15, 0.2) is 0 Å². The lowest BCUT2D eigenvalue weighted by Gasteiger charge is -1.68. The highest BCUT2D eigenvalue weighted by molar-refractivity contribution is 7.79. The van der Waals surface area contributed by atoms with E-state index in [1.54, 1.807) is 0 Å². The highest BCUT2D eigenvalue weighted by Crippen LogP contribution is 1.59. The first kappa shape index (κ1) is 17.5. The van der Waals surface area contributed by atoms with Gasteiger partial charge in [0.15, 0.2) is 0 Å². The zero-order valence-electron chi connectivity index (χ0n) is 7.31. The van der Waals surface area contributed by atoms with E-state index in [0.717, 1.165) is 6.29 Å². The van der Waals surface area contributed by atoms with Crippen molar-refractivity contribution in [1.29, 1.82) is 0 Å². The van der Waals surface area contributed by atoms with E-state index in [1.165, 1.54) is 0 Å². The van der Waals surface area contributed by atoms with Crippen LogP contribution in [-0.4, -0.2) is 37.9 Å². The van der Waals surface area contributed by atoms with Crippen molar-refractivity contribution in [3.05, 3.63) is 0 Å². The van der Waals surface area contributed by atoms with Crippen LogP contribution in [0.2, 0.25) is 0 Å². The lowest BCUT2D eigenvalue weighted by Crippen LogP contribution is -1.89. The number of aldehydes is 1. The fraction of sp³-hybridized carbons (Fsp3) is 0.800. The van der Waals surface area contributed by atoms with Crippen LogP contribution >= 0.6 is 0 Å². The number of hydrogen-bond donors (Lipinski definition) is 3. The minimum atomic E-state index is -4.67. The monoisotopic (exact) mass is 201 g/mol. The number of carbonyl (C=O) groups excluding carboxylic acids is 1. The van der Waals surface area contributed by atoms with E-state index < -0.39 is 10.4 Å². The zero-order valence-corrected chi connectivity index (χ0v) is 8.13. The molecule has 7 heteroatoms. The van der Waals surface area contributed by atoms with Crippen molar-refractivity contribution in [2.45, 2.75) is 13.3 Å². The van der Waals surface area contributed by atoms with Crippen LogP contribution in [0.5, 0.6) is 0 Å². The SMILES string of the molecule is CCC=O.CNC.O=S(=O)(O)O. The standard InChI is InChI=1S/C3H6O.C2H7N.H2O4S/c1-2-3-4;1-3-2;1-5(2,3)4/h3H,2H2,1H3;3H,1-2H3;(H2,1,2,3,4). The normalized spacial score (nSPS) is 8.42. The Balaban J connectivity index is -0.000000105. The molecule has 0 aliphatic carbocycles. The van der Waals surface area contributed by atoms with Gasteiger partial charge in [0, 0.05) is 6.42 Å². The van der Waals surface area contributed by atoms with Gasteiger partial charge in [-0.05, 0) is 14.1 Å². The molecule has 3 N–H and O–H groups in total. The summed E-state index contributed by atoms with van der Waals surface area (Å²) in [6.45, 7) is 1.81. The average Bonchev–Trinajstić information content (AvgIpc) is 1.85. The molecular weight excluding hydrogens is 186 g/mol. The van der Waals surface area contributed by atoms with Crippen LogP contribution in [0.4, 0.5) is 0 Å². The summed E-state index contributed by atoms with van der Waals surface area (Å²) in [5.74, 6) is 0. The molecule has 0 amide bonds. The molecule has 0 saturated carbocycles. The first-order valence-electron chi connectivity index (χ1n) is 3.05. The molecule has 0 spiro atoms. The second kappa shape index (κ2) is 13.1. The molecule has 6 nitrogen and oxygen atoms in total. The van der Waals surface area contributed by atoms with Crippen molar-refractivity contribution < 1.29 is 22.3 Å². The minimum Gasteiger partial charge on any atom is -0.323 e. The Kier molecular flexibility index (Phi) is 19.2. The third-order valence-corrected chi connectivity index (χ3v) is 0.167. The molecule has 0 radical (unpaired) electrons. The van der Waals surface area contributed by atoms with Crippen molar-refractivity contribution in [3.63, 3.8) is 0 Å². The Labute approximate surface area is 72.6 Å². The van der Waals surface area contributed by atoms with Crippen LogP contribution < -0.4 is 5.32 Å². The van der Waals surface area contributed by atoms with Crippen LogP contribution in [0, 0.1) is 0 Å². The molecule has 0 rings (SSSR count).